The van der Waals surface area contributed by atoms with Gasteiger partial charge < -0.3 is 19.5 Å². The molecule has 2 aromatic rings. The van der Waals surface area contributed by atoms with Crippen LogP contribution in [0.1, 0.15) is 30.1 Å². The zero-order chi connectivity index (χ0) is 22.2. The number of benzene rings is 2. The minimum atomic E-state index is -0.732. The van der Waals surface area contributed by atoms with Crippen LogP contribution >= 0.6 is 23.2 Å². The van der Waals surface area contributed by atoms with E-state index in [0.717, 1.165) is 18.4 Å². The van der Waals surface area contributed by atoms with E-state index >= 15 is 0 Å². The van der Waals surface area contributed by atoms with Crippen molar-refractivity contribution in [2.75, 3.05) is 26.9 Å². The lowest BCUT2D eigenvalue weighted by Gasteiger charge is -2.19. The van der Waals surface area contributed by atoms with Gasteiger partial charge in [0.15, 0.2) is 17.6 Å². The van der Waals surface area contributed by atoms with Gasteiger partial charge in [0.25, 0.3) is 5.91 Å². The number of terminal acetylenes is 1. The quantitative estimate of drug-likeness (QED) is 0.486. The first-order valence-electron chi connectivity index (χ1n) is 10.1. The van der Waals surface area contributed by atoms with Gasteiger partial charge in [-0.05, 0) is 60.6 Å². The lowest BCUT2D eigenvalue weighted by molar-refractivity contribution is -0.133. The highest BCUT2D eigenvalue weighted by molar-refractivity contribution is 6.42. The Kier molecular flexibility index (Phi) is 8.48. The summed E-state index contributed by atoms with van der Waals surface area (Å²) in [6.07, 6.45) is 7.40. The standard InChI is InChI=1S/C24H25Cl2NO4/c1-3-12-30-21-9-6-16(13-22(21)29-2)10-11-27-24(28)23(31-15-17-4-5-17)18-7-8-19(25)20(26)14-18/h1,6-9,13-14,17,23H,4-5,10-12,15H2,2H3,(H,27,28)/t23-/m0/s1. The summed E-state index contributed by atoms with van der Waals surface area (Å²) in [5, 5.41) is 3.79. The highest BCUT2D eigenvalue weighted by Crippen LogP contribution is 2.33. The monoisotopic (exact) mass is 461 g/mol. The van der Waals surface area contributed by atoms with E-state index in [4.69, 9.17) is 43.8 Å². The van der Waals surface area contributed by atoms with Crippen LogP contribution in [0, 0.1) is 18.3 Å². The van der Waals surface area contributed by atoms with Crippen molar-refractivity contribution in [1.82, 2.24) is 5.32 Å². The number of hydrogen-bond donors (Lipinski definition) is 1. The molecule has 0 unspecified atom stereocenters. The Bertz CT molecular complexity index is 953. The third-order valence-electron chi connectivity index (χ3n) is 4.93. The molecule has 0 aromatic heterocycles. The topological polar surface area (TPSA) is 56.8 Å². The number of hydrogen-bond acceptors (Lipinski definition) is 4. The molecule has 1 N–H and O–H groups in total. The molecule has 5 nitrogen and oxygen atoms in total. The lowest BCUT2D eigenvalue weighted by atomic mass is 10.1. The van der Waals surface area contributed by atoms with Crippen LogP contribution in [-0.2, 0) is 16.0 Å². The van der Waals surface area contributed by atoms with Crippen LogP contribution < -0.4 is 14.8 Å². The highest BCUT2D eigenvalue weighted by atomic mass is 35.5. The van der Waals surface area contributed by atoms with Gasteiger partial charge in [-0.25, -0.2) is 0 Å². The Hall–Kier alpha value is -2.39. The molecule has 3 rings (SSSR count). The molecular weight excluding hydrogens is 437 g/mol. The van der Waals surface area contributed by atoms with Crippen molar-refractivity contribution in [2.24, 2.45) is 5.92 Å². The third kappa shape index (κ3) is 6.80. The zero-order valence-corrected chi connectivity index (χ0v) is 18.8. The molecule has 0 bridgehead atoms. The summed E-state index contributed by atoms with van der Waals surface area (Å²) in [6, 6.07) is 10.7. The van der Waals surface area contributed by atoms with Crippen molar-refractivity contribution < 1.29 is 19.0 Å². The largest absolute Gasteiger partial charge is 0.493 e. The maximum absolute atomic E-state index is 12.9. The first kappa shape index (κ1) is 23.3. The molecule has 0 heterocycles. The molecule has 0 saturated heterocycles. The van der Waals surface area contributed by atoms with E-state index < -0.39 is 6.10 Å². The fourth-order valence-electron chi connectivity index (χ4n) is 3.04. The molecule has 1 saturated carbocycles. The summed E-state index contributed by atoms with van der Waals surface area (Å²) in [5.74, 6) is 3.93. The summed E-state index contributed by atoms with van der Waals surface area (Å²) >= 11 is 12.2. The van der Waals surface area contributed by atoms with E-state index in [9.17, 15) is 4.79 Å². The highest BCUT2D eigenvalue weighted by Gasteiger charge is 2.27. The van der Waals surface area contributed by atoms with E-state index in [1.54, 1.807) is 25.3 Å². The number of halogens is 2. The summed E-state index contributed by atoms with van der Waals surface area (Å²) in [7, 11) is 1.57. The minimum Gasteiger partial charge on any atom is -0.493 e. The van der Waals surface area contributed by atoms with Crippen LogP contribution in [0.4, 0.5) is 0 Å². The predicted molar refractivity (Wildman–Crippen MR) is 122 cm³/mol. The number of carbonyl (C=O) groups is 1. The number of nitrogens with one attached hydrogen (secondary N) is 1. The fraction of sp³-hybridized carbons (Fsp3) is 0.375. The fourth-order valence-corrected chi connectivity index (χ4v) is 3.35. The number of ether oxygens (including phenoxy) is 3. The van der Waals surface area contributed by atoms with Gasteiger partial charge >= 0.3 is 0 Å². The second-order valence-corrected chi connectivity index (χ2v) is 8.16. The van der Waals surface area contributed by atoms with E-state index in [-0.39, 0.29) is 12.5 Å². The molecule has 0 radical (unpaired) electrons. The molecule has 1 fully saturated rings. The Morgan fingerprint density at radius 2 is 2.00 bits per heavy atom. The van der Waals surface area contributed by atoms with Gasteiger partial charge in [0.2, 0.25) is 0 Å². The second kappa shape index (κ2) is 11.3. The van der Waals surface area contributed by atoms with Crippen molar-refractivity contribution in [3.05, 3.63) is 57.6 Å². The SMILES string of the molecule is C#CCOc1ccc(CCNC(=O)[C@@H](OCC2CC2)c2ccc(Cl)c(Cl)c2)cc1OC. The predicted octanol–water partition coefficient (Wildman–Crippen LogP) is 4.84. The van der Waals surface area contributed by atoms with Gasteiger partial charge in [-0.15, -0.1) is 6.42 Å². The van der Waals surface area contributed by atoms with Gasteiger partial charge in [-0.2, -0.15) is 0 Å². The number of carbonyl (C=O) groups excluding carboxylic acids is 1. The van der Waals surface area contributed by atoms with Crippen LogP contribution in [0.15, 0.2) is 36.4 Å². The second-order valence-electron chi connectivity index (χ2n) is 7.35. The van der Waals surface area contributed by atoms with E-state index in [1.807, 2.05) is 18.2 Å². The smallest absolute Gasteiger partial charge is 0.253 e. The maximum atomic E-state index is 12.9. The van der Waals surface area contributed by atoms with Gasteiger partial charge in [0.1, 0.15) is 6.61 Å². The molecule has 1 atom stereocenters. The molecular formula is C24H25Cl2NO4. The molecule has 31 heavy (non-hydrogen) atoms. The summed E-state index contributed by atoms with van der Waals surface area (Å²) < 4.78 is 16.8. The van der Waals surface area contributed by atoms with Crippen LogP contribution in [-0.4, -0.2) is 32.8 Å². The van der Waals surface area contributed by atoms with Gasteiger partial charge in [-0.3, -0.25) is 4.79 Å². The Morgan fingerprint density at radius 1 is 1.19 bits per heavy atom. The first-order valence-corrected chi connectivity index (χ1v) is 10.8. The van der Waals surface area contributed by atoms with Crippen LogP contribution in [0.3, 0.4) is 0 Å². The van der Waals surface area contributed by atoms with E-state index in [2.05, 4.69) is 11.2 Å². The average molecular weight is 462 g/mol. The molecule has 164 valence electrons. The van der Waals surface area contributed by atoms with Gasteiger partial charge in [-0.1, -0.05) is 41.3 Å². The summed E-state index contributed by atoms with van der Waals surface area (Å²) in [5.41, 5.74) is 1.68. The molecule has 1 aliphatic rings. The number of methoxy groups -OCH3 is 1. The molecule has 0 spiro atoms. The minimum absolute atomic E-state index is 0.169. The van der Waals surface area contributed by atoms with E-state index in [0.29, 0.717) is 52.6 Å². The Morgan fingerprint density at radius 3 is 2.68 bits per heavy atom. The number of rotatable bonds is 11. The van der Waals surface area contributed by atoms with Crippen LogP contribution in [0.25, 0.3) is 0 Å². The average Bonchev–Trinajstić information content (AvgIpc) is 3.59. The normalized spacial score (nSPS) is 13.9. The maximum Gasteiger partial charge on any atom is 0.253 e. The summed E-state index contributed by atoms with van der Waals surface area (Å²) in [6.45, 7) is 1.16. The van der Waals surface area contributed by atoms with E-state index in [1.165, 1.54) is 0 Å². The van der Waals surface area contributed by atoms with Crippen molar-refractivity contribution in [1.29, 1.82) is 0 Å². The van der Waals surface area contributed by atoms with Crippen molar-refractivity contribution in [2.45, 2.75) is 25.4 Å². The zero-order valence-electron chi connectivity index (χ0n) is 17.3. The first-order chi connectivity index (χ1) is 15.0. The summed E-state index contributed by atoms with van der Waals surface area (Å²) in [4.78, 5) is 12.9. The molecule has 1 aliphatic carbocycles. The number of amides is 1. The Labute approximate surface area is 193 Å². The molecule has 1 amide bonds. The van der Waals surface area contributed by atoms with Crippen molar-refractivity contribution >= 4 is 29.1 Å². The van der Waals surface area contributed by atoms with Crippen LogP contribution in [0.2, 0.25) is 10.0 Å². The molecule has 2 aromatic carbocycles. The van der Waals surface area contributed by atoms with Crippen molar-refractivity contribution in [3.8, 4) is 23.8 Å². The third-order valence-corrected chi connectivity index (χ3v) is 5.67. The molecule has 0 aliphatic heterocycles. The molecule has 7 heteroatoms. The van der Waals surface area contributed by atoms with Gasteiger partial charge in [0, 0.05) is 6.54 Å². The Balaban J connectivity index is 1.61. The van der Waals surface area contributed by atoms with Gasteiger partial charge in [0.05, 0.1) is 23.8 Å². The van der Waals surface area contributed by atoms with Crippen molar-refractivity contribution in [3.63, 3.8) is 0 Å². The van der Waals surface area contributed by atoms with Crippen LogP contribution in [0.5, 0.6) is 11.5 Å². The lowest BCUT2D eigenvalue weighted by Crippen LogP contribution is -2.32.